The predicted molar refractivity (Wildman–Crippen MR) is 94.6 cm³/mol. The molecule has 1 N–H and O–H groups in total. The molecule has 1 atom stereocenters. The number of aliphatic hydroxyl groups excluding tert-OH is 1. The van der Waals surface area contributed by atoms with Gasteiger partial charge in [-0.25, -0.2) is 9.59 Å². The molecule has 1 aromatic carbocycles. The minimum atomic E-state index is -0.613. The average molecular weight is 352 g/mol. The second-order valence-corrected chi connectivity index (χ2v) is 6.95. The first-order chi connectivity index (χ1) is 11.5. The highest BCUT2D eigenvalue weighted by molar-refractivity contribution is 5.70. The lowest BCUT2D eigenvalue weighted by molar-refractivity contribution is 0.0198. The van der Waals surface area contributed by atoms with Crippen molar-refractivity contribution < 1.29 is 24.2 Å². The molecular weight excluding hydrogens is 324 g/mol. The number of hydrogen-bond acceptors (Lipinski definition) is 5. The number of aliphatic hydroxyl groups is 1. The van der Waals surface area contributed by atoms with Crippen molar-refractivity contribution in [3.05, 3.63) is 29.8 Å². The Morgan fingerprint density at radius 1 is 1.16 bits per heavy atom. The smallest absolute Gasteiger partial charge is 0.414 e. The van der Waals surface area contributed by atoms with Gasteiger partial charge in [0.05, 0.1) is 6.04 Å². The summed E-state index contributed by atoms with van der Waals surface area (Å²) in [5, 5.41) is 9.38. The van der Waals surface area contributed by atoms with Crippen LogP contribution in [-0.4, -0.2) is 60.4 Å². The summed E-state index contributed by atoms with van der Waals surface area (Å²) in [5.74, 6) is 0.372. The van der Waals surface area contributed by atoms with Crippen LogP contribution < -0.4 is 4.74 Å². The first-order valence-electron chi connectivity index (χ1n) is 8.11. The Morgan fingerprint density at radius 3 is 2.32 bits per heavy atom. The molecule has 0 heterocycles. The fraction of sp³-hybridized carbons (Fsp3) is 0.556. The molecule has 7 heteroatoms. The van der Waals surface area contributed by atoms with Crippen molar-refractivity contribution in [2.75, 3.05) is 27.7 Å². The van der Waals surface area contributed by atoms with Gasteiger partial charge in [0.2, 0.25) is 0 Å². The zero-order valence-electron chi connectivity index (χ0n) is 15.8. The number of ether oxygens (including phenoxy) is 2. The van der Waals surface area contributed by atoms with Gasteiger partial charge in [-0.15, -0.1) is 0 Å². The Bertz CT molecular complexity index is 595. The molecule has 0 saturated heterocycles. The lowest BCUT2D eigenvalue weighted by Crippen LogP contribution is -2.37. The van der Waals surface area contributed by atoms with E-state index in [0.717, 1.165) is 5.56 Å². The molecule has 0 radical (unpaired) electrons. The summed E-state index contributed by atoms with van der Waals surface area (Å²) >= 11 is 0. The van der Waals surface area contributed by atoms with E-state index in [9.17, 15) is 14.7 Å². The lowest BCUT2D eigenvalue weighted by Gasteiger charge is -2.31. The Labute approximate surface area is 149 Å². The Kier molecular flexibility index (Phi) is 7.23. The Balaban J connectivity index is 3.02. The first-order valence-corrected chi connectivity index (χ1v) is 8.11. The summed E-state index contributed by atoms with van der Waals surface area (Å²) in [5.41, 5.74) is 0.129. The van der Waals surface area contributed by atoms with Crippen molar-refractivity contribution in [3.63, 3.8) is 0 Å². The summed E-state index contributed by atoms with van der Waals surface area (Å²) in [4.78, 5) is 26.8. The fourth-order valence-electron chi connectivity index (χ4n) is 2.14. The SMILES string of the molecule is CN(C)C(=O)Oc1cccc(C(CCO)N(C)C(=O)OC(C)(C)C)c1. The molecular formula is C18H28N2O5. The van der Waals surface area contributed by atoms with E-state index in [1.165, 1.54) is 9.80 Å². The zero-order valence-corrected chi connectivity index (χ0v) is 15.8. The number of amides is 2. The Hall–Kier alpha value is -2.28. The lowest BCUT2D eigenvalue weighted by atomic mass is 10.0. The van der Waals surface area contributed by atoms with Gasteiger partial charge in [-0.05, 0) is 44.9 Å². The van der Waals surface area contributed by atoms with Crippen LogP contribution in [0, 0.1) is 0 Å². The minimum absolute atomic E-state index is 0.0977. The molecule has 0 spiro atoms. The van der Waals surface area contributed by atoms with Crippen LogP contribution in [0.4, 0.5) is 9.59 Å². The molecule has 0 aliphatic carbocycles. The minimum Gasteiger partial charge on any atom is -0.444 e. The van der Waals surface area contributed by atoms with Gasteiger partial charge in [-0.2, -0.15) is 0 Å². The number of carbonyl (C=O) groups excluding carboxylic acids is 2. The van der Waals surface area contributed by atoms with Crippen molar-refractivity contribution in [2.24, 2.45) is 0 Å². The van der Waals surface area contributed by atoms with Crippen molar-refractivity contribution in [3.8, 4) is 5.75 Å². The fourth-order valence-corrected chi connectivity index (χ4v) is 2.14. The van der Waals surface area contributed by atoms with Gasteiger partial charge in [-0.1, -0.05) is 12.1 Å². The van der Waals surface area contributed by atoms with Crippen molar-refractivity contribution in [1.82, 2.24) is 9.80 Å². The average Bonchev–Trinajstić information content (AvgIpc) is 2.50. The molecule has 0 aliphatic rings. The van der Waals surface area contributed by atoms with Gasteiger partial charge >= 0.3 is 12.2 Å². The third-order valence-corrected chi connectivity index (χ3v) is 3.36. The molecule has 0 bridgehead atoms. The molecule has 0 saturated carbocycles. The largest absolute Gasteiger partial charge is 0.444 e. The van der Waals surface area contributed by atoms with Crippen molar-refractivity contribution >= 4 is 12.2 Å². The van der Waals surface area contributed by atoms with Gasteiger partial charge < -0.3 is 24.4 Å². The summed E-state index contributed by atoms with van der Waals surface area (Å²) in [6.07, 6.45) is -0.640. The van der Waals surface area contributed by atoms with Crippen LogP contribution in [-0.2, 0) is 4.74 Å². The first kappa shape index (κ1) is 20.8. The van der Waals surface area contributed by atoms with E-state index in [2.05, 4.69) is 0 Å². The van der Waals surface area contributed by atoms with Crippen LogP contribution in [0.5, 0.6) is 5.75 Å². The molecule has 0 aliphatic heterocycles. The van der Waals surface area contributed by atoms with E-state index in [1.54, 1.807) is 60.1 Å². The maximum atomic E-state index is 12.3. The zero-order chi connectivity index (χ0) is 19.2. The van der Waals surface area contributed by atoms with E-state index in [1.807, 2.05) is 6.07 Å². The molecule has 7 nitrogen and oxygen atoms in total. The maximum absolute atomic E-state index is 12.3. The number of nitrogens with zero attached hydrogens (tertiary/aromatic N) is 2. The number of hydrogen-bond donors (Lipinski definition) is 1. The van der Waals surface area contributed by atoms with E-state index in [0.29, 0.717) is 12.2 Å². The van der Waals surface area contributed by atoms with Gasteiger partial charge in [0.15, 0.2) is 0 Å². The van der Waals surface area contributed by atoms with E-state index in [-0.39, 0.29) is 6.61 Å². The van der Waals surface area contributed by atoms with E-state index in [4.69, 9.17) is 9.47 Å². The molecule has 0 aromatic heterocycles. The summed E-state index contributed by atoms with van der Waals surface area (Å²) in [7, 11) is 4.81. The van der Waals surface area contributed by atoms with Crippen LogP contribution in [0.1, 0.15) is 38.8 Å². The summed E-state index contributed by atoms with van der Waals surface area (Å²) in [6, 6.07) is 6.49. The monoisotopic (exact) mass is 352 g/mol. The standard InChI is InChI=1S/C18H28N2O5/c1-18(2,3)25-17(23)20(6)15(10-11-21)13-8-7-9-14(12-13)24-16(22)19(4)5/h7-9,12,15,21H,10-11H2,1-6H3. The molecule has 140 valence electrons. The Morgan fingerprint density at radius 2 is 1.80 bits per heavy atom. The van der Waals surface area contributed by atoms with E-state index >= 15 is 0 Å². The highest BCUT2D eigenvalue weighted by Gasteiger charge is 2.26. The highest BCUT2D eigenvalue weighted by atomic mass is 16.6. The van der Waals surface area contributed by atoms with Crippen LogP contribution >= 0.6 is 0 Å². The quantitative estimate of drug-likeness (QED) is 0.881. The van der Waals surface area contributed by atoms with Crippen LogP contribution in [0.15, 0.2) is 24.3 Å². The summed E-state index contributed by atoms with van der Waals surface area (Å²) < 4.78 is 10.6. The molecule has 1 unspecified atom stereocenters. The van der Waals surface area contributed by atoms with E-state index < -0.39 is 23.8 Å². The second-order valence-electron chi connectivity index (χ2n) is 6.95. The highest BCUT2D eigenvalue weighted by Crippen LogP contribution is 2.27. The number of carbonyl (C=O) groups is 2. The number of rotatable bonds is 5. The molecule has 1 aromatic rings. The predicted octanol–water partition coefficient (Wildman–Crippen LogP) is 3.04. The van der Waals surface area contributed by atoms with Crippen LogP contribution in [0.25, 0.3) is 0 Å². The van der Waals surface area contributed by atoms with Crippen molar-refractivity contribution in [2.45, 2.75) is 38.8 Å². The molecule has 0 fully saturated rings. The normalized spacial score (nSPS) is 12.3. The molecule has 25 heavy (non-hydrogen) atoms. The third-order valence-electron chi connectivity index (χ3n) is 3.36. The molecule has 2 amide bonds. The summed E-state index contributed by atoms with van der Waals surface area (Å²) in [6.45, 7) is 5.28. The van der Waals surface area contributed by atoms with Gasteiger partial charge in [0, 0.05) is 27.7 Å². The maximum Gasteiger partial charge on any atom is 0.414 e. The van der Waals surface area contributed by atoms with Crippen LogP contribution in [0.2, 0.25) is 0 Å². The second kappa shape index (κ2) is 8.71. The number of benzene rings is 1. The van der Waals surface area contributed by atoms with Crippen LogP contribution in [0.3, 0.4) is 0 Å². The van der Waals surface area contributed by atoms with Crippen molar-refractivity contribution in [1.29, 1.82) is 0 Å². The van der Waals surface area contributed by atoms with Gasteiger partial charge in [0.1, 0.15) is 11.4 Å². The third kappa shape index (κ3) is 6.62. The molecule has 1 rings (SSSR count). The topological polar surface area (TPSA) is 79.3 Å². The van der Waals surface area contributed by atoms with Gasteiger partial charge in [-0.3, -0.25) is 0 Å². The van der Waals surface area contributed by atoms with Gasteiger partial charge in [0.25, 0.3) is 0 Å².